The molecule has 1 N–H and O–H groups in total. The second kappa shape index (κ2) is 7.59. The van der Waals surface area contributed by atoms with Crippen LogP contribution in [-0.2, 0) is 6.18 Å². The number of hydrogen-bond donors (Lipinski definition) is 1. The van der Waals surface area contributed by atoms with Gasteiger partial charge in [0.1, 0.15) is 5.15 Å². The van der Waals surface area contributed by atoms with Crippen LogP contribution in [0.15, 0.2) is 35.4 Å². The van der Waals surface area contributed by atoms with Crippen molar-refractivity contribution in [3.05, 3.63) is 63.7 Å². The molecule has 146 valence electrons. The number of aromatic nitrogens is 4. The van der Waals surface area contributed by atoms with Gasteiger partial charge in [0.25, 0.3) is 0 Å². The number of nitrogens with one attached hydrogen (secondary N) is 1. The van der Waals surface area contributed by atoms with Crippen LogP contribution in [0.5, 0.6) is 0 Å². The smallest absolute Gasteiger partial charge is 0.245 e. The Morgan fingerprint density at radius 1 is 1.11 bits per heavy atom. The van der Waals surface area contributed by atoms with E-state index in [4.69, 9.17) is 11.6 Å². The molecule has 0 aliphatic rings. The largest absolute Gasteiger partial charge is 0.416 e. The van der Waals surface area contributed by atoms with E-state index in [1.54, 1.807) is 6.92 Å². The first kappa shape index (κ1) is 19.8. The molecule has 0 bridgehead atoms. The van der Waals surface area contributed by atoms with Crippen LogP contribution >= 0.6 is 11.6 Å². The zero-order chi connectivity index (χ0) is 20.5. The predicted octanol–water partition coefficient (Wildman–Crippen LogP) is 4.71. The number of hydrogen-bond acceptors (Lipinski definition) is 5. The Morgan fingerprint density at radius 2 is 1.79 bits per heavy atom. The molecule has 0 spiro atoms. The molecule has 0 saturated carbocycles. The summed E-state index contributed by atoms with van der Waals surface area (Å²) >= 11 is 6.33. The van der Waals surface area contributed by atoms with E-state index in [2.05, 4.69) is 25.6 Å². The van der Waals surface area contributed by atoms with Crippen LogP contribution in [0.2, 0.25) is 5.15 Å². The monoisotopic (exact) mass is 408 g/mol. The predicted molar refractivity (Wildman–Crippen MR) is 101 cm³/mol. The van der Waals surface area contributed by atoms with Crippen LogP contribution in [0.4, 0.5) is 19.1 Å². The Hall–Kier alpha value is -2.94. The van der Waals surface area contributed by atoms with Crippen molar-refractivity contribution in [3.63, 3.8) is 0 Å². The molecule has 3 rings (SSSR count). The molecule has 10 heteroatoms. The van der Waals surface area contributed by atoms with Crippen molar-refractivity contribution in [3.8, 4) is 5.69 Å². The van der Waals surface area contributed by atoms with Gasteiger partial charge in [-0.25, -0.2) is 20.1 Å². The van der Waals surface area contributed by atoms with E-state index in [9.17, 15) is 13.2 Å². The topological polar surface area (TPSA) is 68.0 Å². The van der Waals surface area contributed by atoms with Crippen molar-refractivity contribution in [2.75, 3.05) is 5.43 Å². The second-order valence-electron chi connectivity index (χ2n) is 6.09. The Kier molecular flexibility index (Phi) is 5.37. The lowest BCUT2D eigenvalue weighted by Crippen LogP contribution is -2.06. The summed E-state index contributed by atoms with van der Waals surface area (Å²) in [5.74, 6) is 0.327. The third kappa shape index (κ3) is 4.30. The fourth-order valence-corrected chi connectivity index (χ4v) is 2.89. The molecule has 2 heterocycles. The van der Waals surface area contributed by atoms with Crippen LogP contribution in [0, 0.1) is 20.8 Å². The van der Waals surface area contributed by atoms with E-state index in [0.29, 0.717) is 17.2 Å². The highest BCUT2D eigenvalue weighted by Crippen LogP contribution is 2.31. The lowest BCUT2D eigenvalue weighted by molar-refractivity contribution is -0.137. The Bertz CT molecular complexity index is 1020. The fourth-order valence-electron chi connectivity index (χ4n) is 2.57. The molecular weight excluding hydrogens is 393 g/mol. The summed E-state index contributed by atoms with van der Waals surface area (Å²) in [6.45, 7) is 5.36. The first-order valence-electron chi connectivity index (χ1n) is 8.19. The minimum Gasteiger partial charge on any atom is -0.245 e. The summed E-state index contributed by atoms with van der Waals surface area (Å²) < 4.78 is 40.1. The van der Waals surface area contributed by atoms with E-state index in [-0.39, 0.29) is 10.8 Å². The summed E-state index contributed by atoms with van der Waals surface area (Å²) in [4.78, 5) is 8.40. The van der Waals surface area contributed by atoms with Crippen LogP contribution in [0.25, 0.3) is 5.69 Å². The van der Waals surface area contributed by atoms with Crippen molar-refractivity contribution >= 4 is 23.8 Å². The quantitative estimate of drug-likeness (QED) is 0.501. The van der Waals surface area contributed by atoms with Gasteiger partial charge in [0.2, 0.25) is 5.95 Å². The maximum atomic E-state index is 12.9. The average molecular weight is 409 g/mol. The minimum atomic E-state index is -4.45. The van der Waals surface area contributed by atoms with Gasteiger partial charge >= 0.3 is 6.18 Å². The number of aryl methyl sites for hydroxylation is 3. The van der Waals surface area contributed by atoms with Crippen molar-refractivity contribution in [2.24, 2.45) is 5.10 Å². The number of alkyl halides is 3. The van der Waals surface area contributed by atoms with Crippen LogP contribution in [0.3, 0.4) is 0 Å². The number of anilines is 1. The Labute approximate surface area is 164 Å². The number of halogens is 4. The molecule has 0 amide bonds. The van der Waals surface area contributed by atoms with Gasteiger partial charge in [0, 0.05) is 11.4 Å². The van der Waals surface area contributed by atoms with E-state index < -0.39 is 11.7 Å². The van der Waals surface area contributed by atoms with Gasteiger partial charge in [-0.3, -0.25) is 0 Å². The lowest BCUT2D eigenvalue weighted by atomic mass is 10.2. The van der Waals surface area contributed by atoms with Crippen molar-refractivity contribution in [1.29, 1.82) is 0 Å². The SMILES string of the molecule is Cc1cc(C)nc(N/N=C/c2c(C)nn(-c3cccc(C(F)(F)F)c3)c2Cl)n1. The normalized spacial score (nSPS) is 12.0. The van der Waals surface area contributed by atoms with Crippen LogP contribution < -0.4 is 5.43 Å². The summed E-state index contributed by atoms with van der Waals surface area (Å²) in [6, 6.07) is 6.61. The van der Waals surface area contributed by atoms with Gasteiger partial charge in [-0.15, -0.1) is 0 Å². The number of rotatable bonds is 4. The molecule has 0 radical (unpaired) electrons. The van der Waals surface area contributed by atoms with Crippen LogP contribution in [-0.4, -0.2) is 26.0 Å². The summed E-state index contributed by atoms with van der Waals surface area (Å²) in [5, 5.41) is 8.43. The molecule has 0 unspecified atom stereocenters. The zero-order valence-corrected chi connectivity index (χ0v) is 16.0. The first-order valence-corrected chi connectivity index (χ1v) is 8.57. The number of hydrazone groups is 1. The molecule has 28 heavy (non-hydrogen) atoms. The van der Waals surface area contributed by atoms with Crippen molar-refractivity contribution < 1.29 is 13.2 Å². The van der Waals surface area contributed by atoms with Gasteiger partial charge in [-0.1, -0.05) is 17.7 Å². The Morgan fingerprint density at radius 3 is 2.43 bits per heavy atom. The van der Waals surface area contributed by atoms with E-state index in [0.717, 1.165) is 23.5 Å². The molecule has 6 nitrogen and oxygen atoms in total. The van der Waals surface area contributed by atoms with Crippen molar-refractivity contribution in [1.82, 2.24) is 19.7 Å². The molecular formula is C18H16ClF3N6. The molecule has 0 aliphatic heterocycles. The first-order chi connectivity index (χ1) is 13.1. The molecule has 0 aliphatic carbocycles. The summed E-state index contributed by atoms with van der Waals surface area (Å²) in [5.41, 5.74) is 4.69. The van der Waals surface area contributed by atoms with Crippen molar-refractivity contribution in [2.45, 2.75) is 26.9 Å². The maximum Gasteiger partial charge on any atom is 0.416 e. The van der Waals surface area contributed by atoms with Gasteiger partial charge < -0.3 is 0 Å². The second-order valence-corrected chi connectivity index (χ2v) is 6.45. The molecule has 0 atom stereocenters. The average Bonchev–Trinajstić information content (AvgIpc) is 2.88. The maximum absolute atomic E-state index is 12.9. The highest BCUT2D eigenvalue weighted by atomic mass is 35.5. The number of benzene rings is 1. The third-order valence-corrected chi connectivity index (χ3v) is 4.17. The zero-order valence-electron chi connectivity index (χ0n) is 15.2. The molecule has 0 fully saturated rings. The molecule has 1 aromatic carbocycles. The van der Waals surface area contributed by atoms with E-state index in [1.165, 1.54) is 23.0 Å². The number of nitrogens with zero attached hydrogens (tertiary/aromatic N) is 5. The van der Waals surface area contributed by atoms with Gasteiger partial charge in [0.15, 0.2) is 0 Å². The summed E-state index contributed by atoms with van der Waals surface area (Å²) in [6.07, 6.45) is -3.03. The molecule has 2 aromatic heterocycles. The Balaban J connectivity index is 1.88. The lowest BCUT2D eigenvalue weighted by Gasteiger charge is -2.09. The van der Waals surface area contributed by atoms with Gasteiger partial charge in [-0.2, -0.15) is 23.4 Å². The van der Waals surface area contributed by atoms with Crippen LogP contribution in [0.1, 0.15) is 28.2 Å². The van der Waals surface area contributed by atoms with Gasteiger partial charge in [0.05, 0.1) is 28.7 Å². The third-order valence-electron chi connectivity index (χ3n) is 3.81. The summed E-state index contributed by atoms with van der Waals surface area (Å²) in [7, 11) is 0. The van der Waals surface area contributed by atoms with Gasteiger partial charge in [-0.05, 0) is 45.0 Å². The highest BCUT2D eigenvalue weighted by Gasteiger charge is 2.30. The minimum absolute atomic E-state index is 0.142. The molecule has 0 saturated heterocycles. The highest BCUT2D eigenvalue weighted by molar-refractivity contribution is 6.32. The fraction of sp³-hybridized carbons (Fsp3) is 0.222. The van der Waals surface area contributed by atoms with E-state index >= 15 is 0 Å². The standard InChI is InChI=1S/C18H16ClF3N6/c1-10-7-11(2)25-17(24-10)26-23-9-15-12(3)27-28(16(15)19)14-6-4-5-13(8-14)18(20,21)22/h4-9H,1-3H3,(H,24,25,26)/b23-9+. The van der Waals surface area contributed by atoms with E-state index in [1.807, 2.05) is 19.9 Å². The molecule has 3 aromatic rings.